The summed E-state index contributed by atoms with van der Waals surface area (Å²) >= 11 is 5.99. The van der Waals surface area contributed by atoms with E-state index in [4.69, 9.17) is 11.6 Å². The lowest BCUT2D eigenvalue weighted by Crippen LogP contribution is -2.44. The molecule has 0 saturated heterocycles. The van der Waals surface area contributed by atoms with Gasteiger partial charge in [-0.2, -0.15) is 13.2 Å². The summed E-state index contributed by atoms with van der Waals surface area (Å²) in [6.07, 6.45) is -4.46. The van der Waals surface area contributed by atoms with Crippen LogP contribution in [0.25, 0.3) is 0 Å². The average Bonchev–Trinajstić information content (AvgIpc) is 2.51. The number of fused-ring (bicyclic) bond motifs is 1. The minimum absolute atomic E-state index is 0.0591. The SMILES string of the molecule is CN1CC(=O)N(Cc2ccccc2C(F)(F)F)c2ccc(Cl)cc21. The number of nitrogens with zero attached hydrogens (tertiary/aromatic N) is 2. The van der Waals surface area contributed by atoms with E-state index in [2.05, 4.69) is 0 Å². The average molecular weight is 355 g/mol. The van der Waals surface area contributed by atoms with E-state index in [-0.39, 0.29) is 24.6 Å². The Balaban J connectivity index is 2.03. The summed E-state index contributed by atoms with van der Waals surface area (Å²) in [6.45, 7) is -0.0570. The first-order chi connectivity index (χ1) is 11.3. The van der Waals surface area contributed by atoms with Crippen LogP contribution in [-0.2, 0) is 17.5 Å². The molecule has 0 aromatic heterocycles. The highest BCUT2D eigenvalue weighted by Crippen LogP contribution is 2.38. The summed E-state index contributed by atoms with van der Waals surface area (Å²) in [4.78, 5) is 15.5. The quantitative estimate of drug-likeness (QED) is 0.801. The maximum atomic E-state index is 13.2. The van der Waals surface area contributed by atoms with Crippen LogP contribution in [0.4, 0.5) is 24.5 Å². The lowest BCUT2D eigenvalue weighted by Gasteiger charge is -2.35. The first-order valence-corrected chi connectivity index (χ1v) is 7.61. The number of likely N-dealkylation sites (N-methyl/N-ethyl adjacent to an activating group) is 1. The van der Waals surface area contributed by atoms with Crippen LogP contribution in [-0.4, -0.2) is 19.5 Å². The Labute approximate surface area is 142 Å². The van der Waals surface area contributed by atoms with Gasteiger partial charge in [-0.05, 0) is 29.8 Å². The standard InChI is InChI=1S/C17H14ClF3N2O/c1-22-10-16(24)23(14-7-6-12(18)8-15(14)22)9-11-4-2-3-5-13(11)17(19,20)21/h2-8H,9-10H2,1H3. The van der Waals surface area contributed by atoms with Gasteiger partial charge in [0.25, 0.3) is 0 Å². The molecular weight excluding hydrogens is 341 g/mol. The van der Waals surface area contributed by atoms with E-state index in [1.54, 1.807) is 30.1 Å². The molecule has 1 amide bonds. The van der Waals surface area contributed by atoms with Crippen molar-refractivity contribution in [2.45, 2.75) is 12.7 Å². The Bertz CT molecular complexity index is 792. The predicted octanol–water partition coefficient (Wildman–Crippen LogP) is 4.34. The molecule has 0 atom stereocenters. The van der Waals surface area contributed by atoms with Crippen LogP contribution in [0.2, 0.25) is 5.02 Å². The fourth-order valence-corrected chi connectivity index (χ4v) is 2.98. The molecule has 0 unspecified atom stereocenters. The first-order valence-electron chi connectivity index (χ1n) is 7.23. The van der Waals surface area contributed by atoms with Crippen molar-refractivity contribution in [3.63, 3.8) is 0 Å². The van der Waals surface area contributed by atoms with Crippen molar-refractivity contribution in [1.29, 1.82) is 0 Å². The highest BCUT2D eigenvalue weighted by Gasteiger charge is 2.35. The van der Waals surface area contributed by atoms with Gasteiger partial charge in [0.2, 0.25) is 5.91 Å². The molecule has 2 aromatic rings. The Morgan fingerprint density at radius 3 is 2.54 bits per heavy atom. The van der Waals surface area contributed by atoms with Crippen LogP contribution >= 0.6 is 11.6 Å². The zero-order valence-electron chi connectivity index (χ0n) is 12.8. The minimum atomic E-state index is -4.46. The Kier molecular flexibility index (Phi) is 4.17. The second-order valence-corrected chi connectivity index (χ2v) is 6.06. The number of hydrogen-bond donors (Lipinski definition) is 0. The molecule has 0 fully saturated rings. The maximum absolute atomic E-state index is 13.2. The fourth-order valence-electron chi connectivity index (χ4n) is 2.82. The highest BCUT2D eigenvalue weighted by molar-refractivity contribution is 6.31. The minimum Gasteiger partial charge on any atom is -0.364 e. The normalized spacial score (nSPS) is 14.8. The second kappa shape index (κ2) is 6.02. The largest absolute Gasteiger partial charge is 0.416 e. The summed E-state index contributed by atoms with van der Waals surface area (Å²) in [7, 11) is 1.74. The van der Waals surface area contributed by atoms with Crippen LogP contribution in [0.15, 0.2) is 42.5 Å². The molecule has 3 nitrogen and oxygen atoms in total. The van der Waals surface area contributed by atoms with Crippen molar-refractivity contribution in [2.24, 2.45) is 0 Å². The number of halogens is 4. The zero-order chi connectivity index (χ0) is 17.5. The lowest BCUT2D eigenvalue weighted by atomic mass is 10.0. The van der Waals surface area contributed by atoms with E-state index in [1.807, 2.05) is 0 Å². The number of benzene rings is 2. The van der Waals surface area contributed by atoms with Crippen molar-refractivity contribution in [3.05, 3.63) is 58.6 Å². The molecule has 1 heterocycles. The molecule has 0 bridgehead atoms. The summed E-state index contributed by atoms with van der Waals surface area (Å²) in [5.41, 5.74) is 0.595. The number of hydrogen-bond acceptors (Lipinski definition) is 2. The maximum Gasteiger partial charge on any atom is 0.416 e. The van der Waals surface area contributed by atoms with Gasteiger partial charge in [0.05, 0.1) is 30.0 Å². The smallest absolute Gasteiger partial charge is 0.364 e. The molecule has 1 aliphatic heterocycles. The first kappa shape index (κ1) is 16.6. The third-order valence-corrected chi connectivity index (χ3v) is 4.20. The molecule has 0 saturated carbocycles. The third kappa shape index (κ3) is 3.06. The van der Waals surface area contributed by atoms with Gasteiger partial charge < -0.3 is 9.80 Å². The van der Waals surface area contributed by atoms with E-state index >= 15 is 0 Å². The molecule has 0 aliphatic carbocycles. The van der Waals surface area contributed by atoms with Gasteiger partial charge in [0.15, 0.2) is 0 Å². The van der Waals surface area contributed by atoms with E-state index in [9.17, 15) is 18.0 Å². The van der Waals surface area contributed by atoms with Gasteiger partial charge in [-0.3, -0.25) is 4.79 Å². The number of alkyl halides is 3. The molecule has 3 rings (SSSR count). The van der Waals surface area contributed by atoms with Crippen LogP contribution in [0.5, 0.6) is 0 Å². The van der Waals surface area contributed by atoms with Crippen molar-refractivity contribution in [1.82, 2.24) is 0 Å². The molecule has 2 aromatic carbocycles. The van der Waals surface area contributed by atoms with Crippen LogP contribution in [0.3, 0.4) is 0 Å². The van der Waals surface area contributed by atoms with Crippen molar-refractivity contribution in [3.8, 4) is 0 Å². The summed E-state index contributed by atoms with van der Waals surface area (Å²) in [5, 5.41) is 0.505. The number of amides is 1. The Hall–Kier alpha value is -2.21. The summed E-state index contributed by atoms with van der Waals surface area (Å²) in [5.74, 6) is -0.260. The highest BCUT2D eigenvalue weighted by atomic mass is 35.5. The zero-order valence-corrected chi connectivity index (χ0v) is 13.5. The lowest BCUT2D eigenvalue weighted by molar-refractivity contribution is -0.138. The topological polar surface area (TPSA) is 23.6 Å². The second-order valence-electron chi connectivity index (χ2n) is 5.62. The van der Waals surface area contributed by atoms with Gasteiger partial charge in [-0.15, -0.1) is 0 Å². The molecule has 0 N–H and O–H groups in total. The van der Waals surface area contributed by atoms with Gasteiger partial charge >= 0.3 is 6.18 Å². The Morgan fingerprint density at radius 1 is 1.12 bits per heavy atom. The van der Waals surface area contributed by atoms with E-state index in [0.717, 1.165) is 6.07 Å². The summed E-state index contributed by atoms with van der Waals surface area (Å²) in [6, 6.07) is 10.3. The molecule has 24 heavy (non-hydrogen) atoms. The van der Waals surface area contributed by atoms with Crippen molar-refractivity contribution in [2.75, 3.05) is 23.4 Å². The molecule has 7 heteroatoms. The number of rotatable bonds is 2. The monoisotopic (exact) mass is 354 g/mol. The van der Waals surface area contributed by atoms with Gasteiger partial charge in [0.1, 0.15) is 0 Å². The third-order valence-electron chi connectivity index (χ3n) is 3.96. The van der Waals surface area contributed by atoms with Crippen molar-refractivity contribution < 1.29 is 18.0 Å². The van der Waals surface area contributed by atoms with Crippen LogP contribution in [0, 0.1) is 0 Å². The van der Waals surface area contributed by atoms with Crippen molar-refractivity contribution >= 4 is 28.9 Å². The number of carbonyl (C=O) groups excluding carboxylic acids is 1. The number of carbonyl (C=O) groups is 1. The molecule has 126 valence electrons. The van der Waals surface area contributed by atoms with E-state index in [0.29, 0.717) is 16.4 Å². The predicted molar refractivity (Wildman–Crippen MR) is 87.4 cm³/mol. The van der Waals surface area contributed by atoms with E-state index < -0.39 is 11.7 Å². The van der Waals surface area contributed by atoms with Gasteiger partial charge in [0, 0.05) is 12.1 Å². The molecule has 1 aliphatic rings. The van der Waals surface area contributed by atoms with Gasteiger partial charge in [-0.25, -0.2) is 0 Å². The fraction of sp³-hybridized carbons (Fsp3) is 0.235. The molecular formula is C17H14ClF3N2O. The van der Waals surface area contributed by atoms with Gasteiger partial charge in [-0.1, -0.05) is 29.8 Å². The number of anilines is 2. The Morgan fingerprint density at radius 2 is 1.83 bits per heavy atom. The van der Waals surface area contributed by atoms with Crippen LogP contribution < -0.4 is 9.80 Å². The summed E-state index contributed by atoms with van der Waals surface area (Å²) < 4.78 is 39.5. The van der Waals surface area contributed by atoms with E-state index in [1.165, 1.54) is 23.1 Å². The molecule has 0 spiro atoms. The van der Waals surface area contributed by atoms with Crippen LogP contribution in [0.1, 0.15) is 11.1 Å². The molecule has 0 radical (unpaired) electrons.